The van der Waals surface area contributed by atoms with Crippen molar-refractivity contribution in [1.29, 1.82) is 0 Å². The molecule has 0 radical (unpaired) electrons. The Morgan fingerprint density at radius 3 is 2.65 bits per heavy atom. The SMILES string of the molecule is CCCCCCCC(N)c1cc(Br)ccc1I. The van der Waals surface area contributed by atoms with E-state index in [0.29, 0.717) is 0 Å². The van der Waals surface area contributed by atoms with E-state index in [1.807, 2.05) is 0 Å². The van der Waals surface area contributed by atoms with Crippen molar-refractivity contribution in [3.8, 4) is 0 Å². The first-order chi connectivity index (χ1) is 8.15. The molecule has 1 aromatic carbocycles. The summed E-state index contributed by atoms with van der Waals surface area (Å²) in [7, 11) is 0. The molecule has 0 aliphatic carbocycles. The van der Waals surface area contributed by atoms with Crippen molar-refractivity contribution in [2.24, 2.45) is 5.73 Å². The van der Waals surface area contributed by atoms with E-state index in [1.54, 1.807) is 0 Å². The number of rotatable bonds is 7. The van der Waals surface area contributed by atoms with Gasteiger partial charge in [-0.25, -0.2) is 0 Å². The van der Waals surface area contributed by atoms with E-state index >= 15 is 0 Å². The standard InChI is InChI=1S/C14H21BrIN/c1-2-3-4-5-6-7-14(17)12-10-11(15)8-9-13(12)16/h8-10,14H,2-7,17H2,1H3. The highest BCUT2D eigenvalue weighted by atomic mass is 127. The van der Waals surface area contributed by atoms with Crippen LogP contribution in [0.3, 0.4) is 0 Å². The lowest BCUT2D eigenvalue weighted by atomic mass is 10.0. The molecule has 0 spiro atoms. The zero-order valence-electron chi connectivity index (χ0n) is 10.4. The van der Waals surface area contributed by atoms with Gasteiger partial charge in [0.25, 0.3) is 0 Å². The summed E-state index contributed by atoms with van der Waals surface area (Å²) in [5.74, 6) is 0. The van der Waals surface area contributed by atoms with Gasteiger partial charge in [-0.2, -0.15) is 0 Å². The van der Waals surface area contributed by atoms with E-state index in [0.717, 1.165) is 10.9 Å². The summed E-state index contributed by atoms with van der Waals surface area (Å²) >= 11 is 5.87. The third kappa shape index (κ3) is 5.71. The predicted molar refractivity (Wildman–Crippen MR) is 87.2 cm³/mol. The number of unbranched alkanes of at least 4 members (excludes halogenated alkanes) is 4. The second-order valence-electron chi connectivity index (χ2n) is 4.48. The van der Waals surface area contributed by atoms with Crippen LogP contribution in [0.5, 0.6) is 0 Å². The Labute approximate surface area is 127 Å². The summed E-state index contributed by atoms with van der Waals surface area (Å²) in [5, 5.41) is 0. The van der Waals surface area contributed by atoms with Crippen molar-refractivity contribution < 1.29 is 0 Å². The van der Waals surface area contributed by atoms with Crippen LogP contribution in [0.1, 0.15) is 57.1 Å². The van der Waals surface area contributed by atoms with Crippen molar-refractivity contribution in [3.63, 3.8) is 0 Å². The molecule has 0 aromatic heterocycles. The molecule has 0 heterocycles. The molecule has 0 saturated heterocycles. The smallest absolute Gasteiger partial charge is 0.0305 e. The molecule has 96 valence electrons. The second-order valence-corrected chi connectivity index (χ2v) is 6.55. The highest BCUT2D eigenvalue weighted by Crippen LogP contribution is 2.26. The van der Waals surface area contributed by atoms with Crippen LogP contribution in [0.2, 0.25) is 0 Å². The van der Waals surface area contributed by atoms with Gasteiger partial charge < -0.3 is 5.73 Å². The topological polar surface area (TPSA) is 26.0 Å². The van der Waals surface area contributed by atoms with Gasteiger partial charge in [-0.3, -0.25) is 0 Å². The average Bonchev–Trinajstić information content (AvgIpc) is 2.32. The normalized spacial score (nSPS) is 12.7. The van der Waals surface area contributed by atoms with Gasteiger partial charge in [-0.15, -0.1) is 0 Å². The van der Waals surface area contributed by atoms with Gasteiger partial charge in [0.05, 0.1) is 0 Å². The molecule has 0 saturated carbocycles. The van der Waals surface area contributed by atoms with E-state index in [4.69, 9.17) is 5.73 Å². The molecular formula is C14H21BrIN. The fraction of sp³-hybridized carbons (Fsp3) is 0.571. The summed E-state index contributed by atoms with van der Waals surface area (Å²) in [6.07, 6.45) is 7.64. The van der Waals surface area contributed by atoms with Crippen LogP contribution < -0.4 is 5.73 Å². The molecule has 1 aromatic rings. The zero-order valence-corrected chi connectivity index (χ0v) is 14.1. The van der Waals surface area contributed by atoms with Crippen LogP contribution in [-0.2, 0) is 0 Å². The monoisotopic (exact) mass is 409 g/mol. The lowest BCUT2D eigenvalue weighted by molar-refractivity contribution is 0.554. The fourth-order valence-electron chi connectivity index (χ4n) is 1.92. The third-order valence-electron chi connectivity index (χ3n) is 2.98. The summed E-state index contributed by atoms with van der Waals surface area (Å²) in [5.41, 5.74) is 7.53. The van der Waals surface area contributed by atoms with Crippen LogP contribution in [0, 0.1) is 3.57 Å². The van der Waals surface area contributed by atoms with E-state index < -0.39 is 0 Å². The Balaban J connectivity index is 2.41. The molecule has 17 heavy (non-hydrogen) atoms. The van der Waals surface area contributed by atoms with Crippen molar-refractivity contribution in [2.45, 2.75) is 51.5 Å². The van der Waals surface area contributed by atoms with Gasteiger partial charge in [0.1, 0.15) is 0 Å². The van der Waals surface area contributed by atoms with Gasteiger partial charge in [0.2, 0.25) is 0 Å². The van der Waals surface area contributed by atoms with Gasteiger partial charge in [-0.1, -0.05) is 55.0 Å². The molecule has 1 unspecified atom stereocenters. The molecule has 0 bridgehead atoms. The Kier molecular flexibility index (Phi) is 7.71. The summed E-state index contributed by atoms with van der Waals surface area (Å²) in [6, 6.07) is 6.52. The second kappa shape index (κ2) is 8.48. The molecule has 1 rings (SSSR count). The highest BCUT2D eigenvalue weighted by Gasteiger charge is 2.09. The summed E-state index contributed by atoms with van der Waals surface area (Å²) < 4.78 is 2.39. The van der Waals surface area contributed by atoms with Crippen LogP contribution in [0.4, 0.5) is 0 Å². The number of halogens is 2. The molecular weight excluding hydrogens is 389 g/mol. The van der Waals surface area contributed by atoms with Crippen LogP contribution in [0.25, 0.3) is 0 Å². The maximum Gasteiger partial charge on any atom is 0.0305 e. The Morgan fingerprint density at radius 2 is 1.94 bits per heavy atom. The minimum absolute atomic E-state index is 0.182. The Bertz CT molecular complexity index is 341. The largest absolute Gasteiger partial charge is 0.324 e. The lowest BCUT2D eigenvalue weighted by Crippen LogP contribution is -2.11. The zero-order chi connectivity index (χ0) is 12.7. The number of nitrogens with two attached hydrogens (primary N) is 1. The van der Waals surface area contributed by atoms with Gasteiger partial charge in [0, 0.05) is 14.1 Å². The van der Waals surface area contributed by atoms with E-state index in [1.165, 1.54) is 41.2 Å². The molecule has 1 atom stereocenters. The van der Waals surface area contributed by atoms with Crippen molar-refractivity contribution in [3.05, 3.63) is 31.8 Å². The van der Waals surface area contributed by atoms with Crippen LogP contribution in [-0.4, -0.2) is 0 Å². The molecule has 2 N–H and O–H groups in total. The van der Waals surface area contributed by atoms with Crippen LogP contribution in [0.15, 0.2) is 22.7 Å². The quantitative estimate of drug-likeness (QED) is 0.472. The molecule has 1 nitrogen and oxygen atoms in total. The average molecular weight is 410 g/mol. The third-order valence-corrected chi connectivity index (χ3v) is 4.45. The molecule has 0 fully saturated rings. The predicted octanol–water partition coefficient (Wildman–Crippen LogP) is 5.41. The first-order valence-corrected chi connectivity index (χ1v) is 8.23. The van der Waals surface area contributed by atoms with Gasteiger partial charge >= 0.3 is 0 Å². The Morgan fingerprint density at radius 1 is 1.24 bits per heavy atom. The minimum atomic E-state index is 0.182. The first kappa shape index (κ1) is 15.4. The van der Waals surface area contributed by atoms with Crippen molar-refractivity contribution in [1.82, 2.24) is 0 Å². The maximum atomic E-state index is 6.25. The maximum absolute atomic E-state index is 6.25. The van der Waals surface area contributed by atoms with E-state index in [-0.39, 0.29) is 6.04 Å². The minimum Gasteiger partial charge on any atom is -0.324 e. The highest BCUT2D eigenvalue weighted by molar-refractivity contribution is 14.1. The van der Waals surface area contributed by atoms with Gasteiger partial charge in [0.15, 0.2) is 0 Å². The van der Waals surface area contributed by atoms with Gasteiger partial charge in [-0.05, 0) is 52.8 Å². The fourth-order valence-corrected chi connectivity index (χ4v) is 3.04. The molecule has 0 aliphatic rings. The number of benzene rings is 1. The first-order valence-electron chi connectivity index (χ1n) is 6.35. The lowest BCUT2D eigenvalue weighted by Gasteiger charge is -2.14. The van der Waals surface area contributed by atoms with E-state index in [9.17, 15) is 0 Å². The number of hydrogen-bond acceptors (Lipinski definition) is 1. The summed E-state index contributed by atoms with van der Waals surface area (Å²) in [6.45, 7) is 2.25. The molecule has 3 heteroatoms. The molecule has 0 amide bonds. The molecule has 0 aliphatic heterocycles. The van der Waals surface area contributed by atoms with E-state index in [2.05, 4.69) is 63.6 Å². The summed E-state index contributed by atoms with van der Waals surface area (Å²) in [4.78, 5) is 0. The Hall–Kier alpha value is 0.390. The number of hydrogen-bond donors (Lipinski definition) is 1. The van der Waals surface area contributed by atoms with Crippen LogP contribution >= 0.6 is 38.5 Å². The van der Waals surface area contributed by atoms with Crippen molar-refractivity contribution in [2.75, 3.05) is 0 Å². The van der Waals surface area contributed by atoms with Crippen molar-refractivity contribution >= 4 is 38.5 Å².